The number of nitrogens with one attached hydrogen (secondary N) is 1. The number of halogens is 1. The van der Waals surface area contributed by atoms with Gasteiger partial charge in [0.05, 0.1) is 11.5 Å². The van der Waals surface area contributed by atoms with E-state index in [0.717, 1.165) is 3.57 Å². The van der Waals surface area contributed by atoms with Crippen LogP contribution >= 0.6 is 22.6 Å². The second-order valence-corrected chi connectivity index (χ2v) is 6.27. The van der Waals surface area contributed by atoms with E-state index in [1.165, 1.54) is 6.07 Å². The molecule has 20 heavy (non-hydrogen) atoms. The summed E-state index contributed by atoms with van der Waals surface area (Å²) >= 11 is 2.08. The number of carbonyl (C=O) groups is 2. The molecular formula is C14H16INO4. The number of rotatable bonds is 3. The van der Waals surface area contributed by atoms with Crippen LogP contribution in [0.1, 0.15) is 36.0 Å². The Bertz CT molecular complexity index is 524. The number of benzene rings is 1. The van der Waals surface area contributed by atoms with Gasteiger partial charge in [0, 0.05) is 9.61 Å². The number of aromatic hydroxyl groups is 1. The molecule has 1 amide bonds. The lowest BCUT2D eigenvalue weighted by atomic mass is 9.86. The van der Waals surface area contributed by atoms with Crippen LogP contribution in [0.4, 0.5) is 0 Å². The summed E-state index contributed by atoms with van der Waals surface area (Å²) in [7, 11) is 0. The van der Waals surface area contributed by atoms with Crippen molar-refractivity contribution in [3.63, 3.8) is 0 Å². The molecule has 1 aromatic rings. The smallest absolute Gasteiger partial charge is 0.306 e. The highest BCUT2D eigenvalue weighted by molar-refractivity contribution is 14.1. The van der Waals surface area contributed by atoms with Crippen LogP contribution in [-0.2, 0) is 4.79 Å². The molecule has 0 saturated heterocycles. The van der Waals surface area contributed by atoms with E-state index in [2.05, 4.69) is 27.9 Å². The number of hydrogen-bond acceptors (Lipinski definition) is 3. The molecule has 0 aromatic heterocycles. The van der Waals surface area contributed by atoms with Crippen LogP contribution in [0, 0.1) is 9.49 Å². The Balaban J connectivity index is 1.96. The van der Waals surface area contributed by atoms with Gasteiger partial charge in [0.25, 0.3) is 5.91 Å². The highest BCUT2D eigenvalue weighted by Gasteiger charge is 2.27. The Morgan fingerprint density at radius 2 is 1.85 bits per heavy atom. The van der Waals surface area contributed by atoms with Crippen molar-refractivity contribution in [3.05, 3.63) is 27.3 Å². The average molecular weight is 389 g/mol. The van der Waals surface area contributed by atoms with Crippen LogP contribution in [-0.4, -0.2) is 28.1 Å². The van der Waals surface area contributed by atoms with E-state index < -0.39 is 5.97 Å². The van der Waals surface area contributed by atoms with Crippen molar-refractivity contribution in [1.29, 1.82) is 0 Å². The molecule has 0 spiro atoms. The zero-order chi connectivity index (χ0) is 14.7. The van der Waals surface area contributed by atoms with Crippen LogP contribution in [0.3, 0.4) is 0 Å². The Morgan fingerprint density at radius 1 is 1.20 bits per heavy atom. The normalized spacial score (nSPS) is 22.2. The van der Waals surface area contributed by atoms with Gasteiger partial charge in [-0.3, -0.25) is 9.59 Å². The number of aliphatic carboxylic acids is 1. The molecule has 3 N–H and O–H groups in total. The van der Waals surface area contributed by atoms with Gasteiger partial charge in [-0.2, -0.15) is 0 Å². The SMILES string of the molecule is O=C(NC1CCC(C(=O)O)CC1)c1cc(I)ccc1O. The van der Waals surface area contributed by atoms with Crippen LogP contribution in [0.25, 0.3) is 0 Å². The summed E-state index contributed by atoms with van der Waals surface area (Å²) in [4.78, 5) is 23.0. The fourth-order valence-electron chi connectivity index (χ4n) is 2.44. The summed E-state index contributed by atoms with van der Waals surface area (Å²) in [6.07, 6.45) is 2.48. The van der Waals surface area contributed by atoms with Crippen molar-refractivity contribution in [2.24, 2.45) is 5.92 Å². The lowest BCUT2D eigenvalue weighted by Crippen LogP contribution is -2.38. The maximum atomic E-state index is 12.1. The molecule has 1 saturated carbocycles. The van der Waals surface area contributed by atoms with E-state index in [4.69, 9.17) is 5.11 Å². The highest BCUT2D eigenvalue weighted by atomic mass is 127. The molecule has 0 unspecified atom stereocenters. The molecule has 1 aliphatic rings. The molecule has 2 rings (SSSR count). The first kappa shape index (κ1) is 15.1. The second kappa shape index (κ2) is 6.43. The minimum Gasteiger partial charge on any atom is -0.507 e. The molecule has 0 aliphatic heterocycles. The molecule has 0 heterocycles. The van der Waals surface area contributed by atoms with Gasteiger partial charge in [-0.25, -0.2) is 0 Å². The zero-order valence-corrected chi connectivity index (χ0v) is 13.0. The third kappa shape index (κ3) is 3.62. The molecule has 1 aromatic carbocycles. The highest BCUT2D eigenvalue weighted by Crippen LogP contribution is 2.25. The van der Waals surface area contributed by atoms with Crippen LogP contribution in [0.2, 0.25) is 0 Å². The molecule has 1 aliphatic carbocycles. The lowest BCUT2D eigenvalue weighted by Gasteiger charge is -2.26. The molecule has 0 bridgehead atoms. The van der Waals surface area contributed by atoms with Gasteiger partial charge < -0.3 is 15.5 Å². The van der Waals surface area contributed by atoms with Crippen molar-refractivity contribution in [2.75, 3.05) is 0 Å². The predicted molar refractivity (Wildman–Crippen MR) is 81.7 cm³/mol. The number of carbonyl (C=O) groups excluding carboxylic acids is 1. The van der Waals surface area contributed by atoms with Gasteiger partial charge in [-0.15, -0.1) is 0 Å². The van der Waals surface area contributed by atoms with Crippen LogP contribution < -0.4 is 5.32 Å². The maximum Gasteiger partial charge on any atom is 0.306 e. The zero-order valence-electron chi connectivity index (χ0n) is 10.8. The van der Waals surface area contributed by atoms with Gasteiger partial charge in [0.1, 0.15) is 5.75 Å². The molecule has 0 atom stereocenters. The number of carboxylic acid groups (broad SMARTS) is 1. The number of hydrogen-bond donors (Lipinski definition) is 3. The summed E-state index contributed by atoms with van der Waals surface area (Å²) < 4.78 is 0.875. The van der Waals surface area contributed by atoms with E-state index in [9.17, 15) is 14.7 Å². The first-order chi connectivity index (χ1) is 9.47. The fraction of sp³-hybridized carbons (Fsp3) is 0.429. The third-order valence-electron chi connectivity index (χ3n) is 3.61. The summed E-state index contributed by atoms with van der Waals surface area (Å²) in [6.45, 7) is 0. The average Bonchev–Trinajstić information content (AvgIpc) is 2.42. The summed E-state index contributed by atoms with van der Waals surface area (Å²) in [5, 5.41) is 21.5. The molecule has 5 nitrogen and oxygen atoms in total. The molecule has 6 heteroatoms. The van der Waals surface area contributed by atoms with E-state index in [1.54, 1.807) is 12.1 Å². The number of phenolic OH excluding ortho intramolecular Hbond substituents is 1. The van der Waals surface area contributed by atoms with Crippen molar-refractivity contribution in [1.82, 2.24) is 5.32 Å². The first-order valence-corrected chi connectivity index (χ1v) is 7.57. The molecule has 108 valence electrons. The summed E-state index contributed by atoms with van der Waals surface area (Å²) in [5.74, 6) is -1.40. The number of carboxylic acids is 1. The topological polar surface area (TPSA) is 86.6 Å². The van der Waals surface area contributed by atoms with E-state index in [-0.39, 0.29) is 29.2 Å². The fourth-order valence-corrected chi connectivity index (χ4v) is 2.93. The largest absolute Gasteiger partial charge is 0.507 e. The van der Waals surface area contributed by atoms with E-state index in [1.807, 2.05) is 0 Å². The first-order valence-electron chi connectivity index (χ1n) is 6.49. The summed E-state index contributed by atoms with van der Waals surface area (Å²) in [5.41, 5.74) is 0.261. The Morgan fingerprint density at radius 3 is 2.45 bits per heavy atom. The standard InChI is InChI=1S/C14H16INO4/c15-9-3-6-12(17)11(7-9)13(18)16-10-4-1-8(2-5-10)14(19)20/h3,6-8,10,17H,1-2,4-5H2,(H,16,18)(H,19,20). The van der Waals surface area contributed by atoms with Gasteiger partial charge in [-0.05, 0) is 66.5 Å². The van der Waals surface area contributed by atoms with E-state index in [0.29, 0.717) is 25.7 Å². The number of amides is 1. The molecule has 1 fully saturated rings. The predicted octanol–water partition coefficient (Wildman–Crippen LogP) is 2.37. The Hall–Kier alpha value is -1.31. The van der Waals surface area contributed by atoms with Crippen LogP contribution in [0.15, 0.2) is 18.2 Å². The van der Waals surface area contributed by atoms with Gasteiger partial charge >= 0.3 is 5.97 Å². The second-order valence-electron chi connectivity index (χ2n) is 5.02. The lowest BCUT2D eigenvalue weighted by molar-refractivity contribution is -0.142. The van der Waals surface area contributed by atoms with Crippen molar-refractivity contribution >= 4 is 34.5 Å². The monoisotopic (exact) mass is 389 g/mol. The third-order valence-corrected chi connectivity index (χ3v) is 4.29. The quantitative estimate of drug-likeness (QED) is 0.693. The summed E-state index contributed by atoms with van der Waals surface area (Å²) in [6, 6.07) is 4.84. The van der Waals surface area contributed by atoms with Gasteiger partial charge in [0.2, 0.25) is 0 Å². The number of phenols is 1. The molecular weight excluding hydrogens is 373 g/mol. The van der Waals surface area contributed by atoms with Crippen molar-refractivity contribution in [3.8, 4) is 5.75 Å². The van der Waals surface area contributed by atoms with Gasteiger partial charge in [0.15, 0.2) is 0 Å². The minimum atomic E-state index is -0.759. The maximum absolute atomic E-state index is 12.1. The minimum absolute atomic E-state index is 0.0182. The van der Waals surface area contributed by atoms with Gasteiger partial charge in [-0.1, -0.05) is 0 Å². The molecule has 0 radical (unpaired) electrons. The van der Waals surface area contributed by atoms with Crippen molar-refractivity contribution < 1.29 is 19.8 Å². The van der Waals surface area contributed by atoms with Crippen LogP contribution in [0.5, 0.6) is 5.75 Å². The van der Waals surface area contributed by atoms with Crippen molar-refractivity contribution in [2.45, 2.75) is 31.7 Å². The Labute approximate surface area is 130 Å². The van der Waals surface area contributed by atoms with E-state index >= 15 is 0 Å². The Kier molecular flexibility index (Phi) is 4.85.